The number of amides is 1. The molecule has 7 heteroatoms. The van der Waals surface area contributed by atoms with Gasteiger partial charge >= 0.3 is 5.97 Å². The molecule has 0 atom stereocenters. The zero-order valence-corrected chi connectivity index (χ0v) is 13.2. The molecule has 0 aliphatic carbocycles. The number of hydrogen-bond acceptors (Lipinski definition) is 6. The SMILES string of the molecule is CCOc1ccccc1NC(=O)COC(=O)c1c(C)noc1C. The summed E-state index contributed by atoms with van der Waals surface area (Å²) in [5.74, 6) is -0.193. The third-order valence-corrected chi connectivity index (χ3v) is 3.03. The fraction of sp³-hybridized carbons (Fsp3) is 0.312. The molecule has 0 spiro atoms. The zero-order valence-electron chi connectivity index (χ0n) is 13.2. The summed E-state index contributed by atoms with van der Waals surface area (Å²) in [7, 11) is 0. The van der Waals surface area contributed by atoms with Crippen molar-refractivity contribution in [2.45, 2.75) is 20.8 Å². The van der Waals surface area contributed by atoms with Crippen LogP contribution in [0.5, 0.6) is 5.75 Å². The molecule has 0 aliphatic rings. The van der Waals surface area contributed by atoms with Crippen LogP contribution in [-0.4, -0.2) is 30.2 Å². The predicted octanol–water partition coefficient (Wildman–Crippen LogP) is 2.49. The Labute approximate surface area is 133 Å². The van der Waals surface area contributed by atoms with Crippen molar-refractivity contribution in [3.8, 4) is 5.75 Å². The van der Waals surface area contributed by atoms with Gasteiger partial charge in [-0.15, -0.1) is 0 Å². The fourth-order valence-corrected chi connectivity index (χ4v) is 2.02. The van der Waals surface area contributed by atoms with Crippen LogP contribution in [0, 0.1) is 13.8 Å². The van der Waals surface area contributed by atoms with Crippen LogP contribution in [0.3, 0.4) is 0 Å². The van der Waals surface area contributed by atoms with Crippen molar-refractivity contribution in [3.05, 3.63) is 41.3 Å². The Morgan fingerprint density at radius 2 is 2.00 bits per heavy atom. The van der Waals surface area contributed by atoms with Crippen LogP contribution in [0.1, 0.15) is 28.7 Å². The van der Waals surface area contributed by atoms with Gasteiger partial charge in [-0.2, -0.15) is 0 Å². The first-order chi connectivity index (χ1) is 11.0. The van der Waals surface area contributed by atoms with Gasteiger partial charge in [-0.25, -0.2) is 4.79 Å². The van der Waals surface area contributed by atoms with Crippen molar-refractivity contribution >= 4 is 17.6 Å². The van der Waals surface area contributed by atoms with Crippen molar-refractivity contribution < 1.29 is 23.6 Å². The number of ether oxygens (including phenoxy) is 2. The van der Waals surface area contributed by atoms with Crippen molar-refractivity contribution in [2.75, 3.05) is 18.5 Å². The highest BCUT2D eigenvalue weighted by Gasteiger charge is 2.20. The van der Waals surface area contributed by atoms with E-state index in [4.69, 9.17) is 14.0 Å². The van der Waals surface area contributed by atoms with Crippen LogP contribution >= 0.6 is 0 Å². The second-order valence-electron chi connectivity index (χ2n) is 4.75. The minimum absolute atomic E-state index is 0.243. The summed E-state index contributed by atoms with van der Waals surface area (Å²) in [5, 5.41) is 6.32. The van der Waals surface area contributed by atoms with Gasteiger partial charge in [-0.05, 0) is 32.9 Å². The van der Waals surface area contributed by atoms with Crippen molar-refractivity contribution in [1.82, 2.24) is 5.16 Å². The van der Waals surface area contributed by atoms with Gasteiger partial charge < -0.3 is 19.3 Å². The molecular weight excluding hydrogens is 300 g/mol. The number of rotatable bonds is 6. The first kappa shape index (κ1) is 16.5. The number of nitrogens with zero attached hydrogens (tertiary/aromatic N) is 1. The van der Waals surface area contributed by atoms with Gasteiger partial charge in [-0.3, -0.25) is 4.79 Å². The van der Waals surface area contributed by atoms with Gasteiger partial charge in [0.1, 0.15) is 17.1 Å². The monoisotopic (exact) mass is 318 g/mol. The van der Waals surface area contributed by atoms with Gasteiger partial charge in [0.25, 0.3) is 5.91 Å². The van der Waals surface area contributed by atoms with Gasteiger partial charge in [-0.1, -0.05) is 17.3 Å². The molecule has 1 amide bonds. The molecule has 0 radical (unpaired) electrons. The van der Waals surface area contributed by atoms with Crippen LogP contribution in [0.2, 0.25) is 0 Å². The van der Waals surface area contributed by atoms with Gasteiger partial charge in [0.05, 0.1) is 18.0 Å². The van der Waals surface area contributed by atoms with E-state index >= 15 is 0 Å². The van der Waals surface area contributed by atoms with E-state index in [0.717, 1.165) is 0 Å². The molecule has 0 bridgehead atoms. The lowest BCUT2D eigenvalue weighted by Gasteiger charge is -2.11. The summed E-state index contributed by atoms with van der Waals surface area (Å²) >= 11 is 0. The number of anilines is 1. The molecule has 2 aromatic rings. The number of carbonyl (C=O) groups excluding carboxylic acids is 2. The summed E-state index contributed by atoms with van der Waals surface area (Å²) in [4.78, 5) is 23.9. The van der Waals surface area contributed by atoms with E-state index in [1.807, 2.05) is 6.92 Å². The molecule has 0 unspecified atom stereocenters. The summed E-state index contributed by atoms with van der Waals surface area (Å²) in [6.45, 7) is 5.15. The molecule has 0 fully saturated rings. The van der Waals surface area contributed by atoms with E-state index in [1.165, 1.54) is 0 Å². The number of benzene rings is 1. The summed E-state index contributed by atoms with van der Waals surface area (Å²) in [6, 6.07) is 7.03. The lowest BCUT2D eigenvalue weighted by molar-refractivity contribution is -0.119. The Morgan fingerprint density at radius 3 is 2.65 bits per heavy atom. The molecule has 122 valence electrons. The molecule has 0 saturated carbocycles. The Balaban J connectivity index is 1.94. The average molecular weight is 318 g/mol. The Kier molecular flexibility index (Phi) is 5.35. The largest absolute Gasteiger partial charge is 0.492 e. The minimum Gasteiger partial charge on any atom is -0.492 e. The van der Waals surface area contributed by atoms with Crippen LogP contribution < -0.4 is 10.1 Å². The normalized spacial score (nSPS) is 10.2. The number of carbonyl (C=O) groups is 2. The third-order valence-electron chi connectivity index (χ3n) is 3.03. The van der Waals surface area contributed by atoms with Crippen LogP contribution in [-0.2, 0) is 9.53 Å². The van der Waals surface area contributed by atoms with Gasteiger partial charge in [0.15, 0.2) is 6.61 Å². The van der Waals surface area contributed by atoms with E-state index in [-0.39, 0.29) is 5.56 Å². The van der Waals surface area contributed by atoms with E-state index in [0.29, 0.717) is 29.5 Å². The summed E-state index contributed by atoms with van der Waals surface area (Å²) < 4.78 is 15.3. The zero-order chi connectivity index (χ0) is 16.8. The highest BCUT2D eigenvalue weighted by atomic mass is 16.5. The average Bonchev–Trinajstić information content (AvgIpc) is 2.86. The standard InChI is InChI=1S/C16H18N2O5/c1-4-21-13-8-6-5-7-12(13)17-14(19)9-22-16(20)15-10(2)18-23-11(15)3/h5-8H,4,9H2,1-3H3,(H,17,19). The molecule has 0 saturated heterocycles. The molecule has 1 aromatic carbocycles. The number of para-hydroxylation sites is 2. The van der Waals surface area contributed by atoms with Gasteiger partial charge in [0.2, 0.25) is 0 Å². The molecule has 1 heterocycles. The lowest BCUT2D eigenvalue weighted by atomic mass is 10.2. The topological polar surface area (TPSA) is 90.7 Å². The minimum atomic E-state index is -0.644. The van der Waals surface area contributed by atoms with E-state index in [1.54, 1.807) is 38.1 Å². The first-order valence-corrected chi connectivity index (χ1v) is 7.14. The predicted molar refractivity (Wildman–Crippen MR) is 82.5 cm³/mol. The Bertz CT molecular complexity index is 689. The maximum absolute atomic E-state index is 11.9. The summed E-state index contributed by atoms with van der Waals surface area (Å²) in [6.07, 6.45) is 0. The first-order valence-electron chi connectivity index (χ1n) is 7.14. The van der Waals surface area contributed by atoms with Crippen molar-refractivity contribution in [1.29, 1.82) is 0 Å². The maximum Gasteiger partial charge on any atom is 0.344 e. The molecule has 1 N–H and O–H groups in total. The molecule has 0 aliphatic heterocycles. The number of aryl methyl sites for hydroxylation is 2. The molecule has 7 nitrogen and oxygen atoms in total. The molecule has 2 rings (SSSR count). The van der Waals surface area contributed by atoms with E-state index < -0.39 is 18.5 Å². The molecular formula is C16H18N2O5. The van der Waals surface area contributed by atoms with Crippen LogP contribution in [0.4, 0.5) is 5.69 Å². The number of aromatic nitrogens is 1. The number of nitrogens with one attached hydrogen (secondary N) is 1. The fourth-order valence-electron chi connectivity index (χ4n) is 2.02. The smallest absolute Gasteiger partial charge is 0.344 e. The molecule has 1 aromatic heterocycles. The van der Waals surface area contributed by atoms with E-state index in [9.17, 15) is 9.59 Å². The van der Waals surface area contributed by atoms with Crippen molar-refractivity contribution in [3.63, 3.8) is 0 Å². The number of hydrogen-bond donors (Lipinski definition) is 1. The highest BCUT2D eigenvalue weighted by Crippen LogP contribution is 2.23. The van der Waals surface area contributed by atoms with Gasteiger partial charge in [0, 0.05) is 0 Å². The van der Waals surface area contributed by atoms with Crippen LogP contribution in [0.25, 0.3) is 0 Å². The summed E-state index contributed by atoms with van der Waals surface area (Å²) in [5.41, 5.74) is 1.19. The highest BCUT2D eigenvalue weighted by molar-refractivity contribution is 5.97. The van der Waals surface area contributed by atoms with Crippen molar-refractivity contribution in [2.24, 2.45) is 0 Å². The number of esters is 1. The lowest BCUT2D eigenvalue weighted by Crippen LogP contribution is -2.21. The van der Waals surface area contributed by atoms with E-state index in [2.05, 4.69) is 10.5 Å². The Hall–Kier alpha value is -2.83. The molecule has 23 heavy (non-hydrogen) atoms. The third kappa shape index (κ3) is 4.09. The maximum atomic E-state index is 11.9. The van der Waals surface area contributed by atoms with Crippen LogP contribution in [0.15, 0.2) is 28.8 Å². The second-order valence-corrected chi connectivity index (χ2v) is 4.75. The Morgan fingerprint density at radius 1 is 1.26 bits per heavy atom. The quantitative estimate of drug-likeness (QED) is 0.823. The second kappa shape index (κ2) is 7.44.